The molecular formula is C10H18N2O2. The molecule has 4 heteroatoms. The van der Waals surface area contributed by atoms with Crippen molar-refractivity contribution in [2.45, 2.75) is 44.2 Å². The van der Waals surface area contributed by atoms with Gasteiger partial charge >= 0.3 is 6.09 Å². The fraction of sp³-hybridized carbons (Fsp3) is 0.900. The highest BCUT2D eigenvalue weighted by Crippen LogP contribution is 2.18. The molecule has 4 nitrogen and oxygen atoms in total. The number of nitrogens with one attached hydrogen (secondary N) is 2. The molecule has 1 aliphatic carbocycles. The van der Waals surface area contributed by atoms with Crippen LogP contribution < -0.4 is 10.6 Å². The molecule has 1 saturated carbocycles. The summed E-state index contributed by atoms with van der Waals surface area (Å²) in [7, 11) is 0. The molecule has 0 spiro atoms. The molecule has 80 valence electrons. The van der Waals surface area contributed by atoms with Gasteiger partial charge in [-0.15, -0.1) is 0 Å². The summed E-state index contributed by atoms with van der Waals surface area (Å²) in [6.45, 7) is 1.57. The number of alkyl carbamates (subject to hydrolysis) is 1. The number of hydrogen-bond acceptors (Lipinski definition) is 3. The van der Waals surface area contributed by atoms with E-state index in [1.54, 1.807) is 0 Å². The fourth-order valence-corrected chi connectivity index (χ4v) is 1.68. The van der Waals surface area contributed by atoms with Crippen molar-refractivity contribution in [2.75, 3.05) is 13.2 Å². The maximum absolute atomic E-state index is 11.2. The first-order chi connectivity index (χ1) is 6.84. The second-order valence-corrected chi connectivity index (χ2v) is 4.16. The van der Waals surface area contributed by atoms with Crippen molar-refractivity contribution in [2.24, 2.45) is 0 Å². The van der Waals surface area contributed by atoms with E-state index in [1.807, 2.05) is 0 Å². The van der Waals surface area contributed by atoms with Crippen molar-refractivity contribution in [1.82, 2.24) is 10.6 Å². The SMILES string of the molecule is O=C(NC1CC1)OCC1CCCCN1. The molecule has 14 heavy (non-hydrogen) atoms. The van der Waals surface area contributed by atoms with E-state index >= 15 is 0 Å². The Morgan fingerprint density at radius 3 is 2.86 bits per heavy atom. The zero-order valence-electron chi connectivity index (χ0n) is 8.42. The Morgan fingerprint density at radius 1 is 1.36 bits per heavy atom. The highest BCUT2D eigenvalue weighted by molar-refractivity contribution is 5.67. The van der Waals surface area contributed by atoms with E-state index in [0.717, 1.165) is 25.8 Å². The Bertz CT molecular complexity index is 198. The van der Waals surface area contributed by atoms with Gasteiger partial charge in [0.05, 0.1) is 0 Å². The minimum absolute atomic E-state index is 0.250. The zero-order valence-corrected chi connectivity index (χ0v) is 8.42. The lowest BCUT2D eigenvalue weighted by Gasteiger charge is -2.22. The molecule has 2 aliphatic rings. The minimum atomic E-state index is -0.250. The number of ether oxygens (including phenoxy) is 1. The third kappa shape index (κ3) is 3.18. The van der Waals surface area contributed by atoms with Crippen LogP contribution in [-0.4, -0.2) is 31.3 Å². The van der Waals surface area contributed by atoms with Crippen molar-refractivity contribution in [3.8, 4) is 0 Å². The van der Waals surface area contributed by atoms with Crippen LogP contribution in [-0.2, 0) is 4.74 Å². The summed E-state index contributed by atoms with van der Waals surface area (Å²) >= 11 is 0. The molecule has 2 fully saturated rings. The van der Waals surface area contributed by atoms with Crippen molar-refractivity contribution in [1.29, 1.82) is 0 Å². The lowest BCUT2D eigenvalue weighted by atomic mass is 10.1. The van der Waals surface area contributed by atoms with Crippen LogP contribution >= 0.6 is 0 Å². The van der Waals surface area contributed by atoms with Gasteiger partial charge in [-0.25, -0.2) is 4.79 Å². The van der Waals surface area contributed by atoms with Crippen LogP contribution in [0.3, 0.4) is 0 Å². The summed E-state index contributed by atoms with van der Waals surface area (Å²) < 4.78 is 5.12. The predicted molar refractivity (Wildman–Crippen MR) is 53.1 cm³/mol. The molecular weight excluding hydrogens is 180 g/mol. The maximum atomic E-state index is 11.2. The molecule has 0 bridgehead atoms. The molecule has 2 N–H and O–H groups in total. The number of rotatable bonds is 3. The van der Waals surface area contributed by atoms with Crippen molar-refractivity contribution >= 4 is 6.09 Å². The van der Waals surface area contributed by atoms with Gasteiger partial charge < -0.3 is 15.4 Å². The van der Waals surface area contributed by atoms with E-state index in [9.17, 15) is 4.79 Å². The molecule has 1 saturated heterocycles. The molecule has 0 aromatic carbocycles. The lowest BCUT2D eigenvalue weighted by molar-refractivity contribution is 0.127. The molecule has 1 amide bonds. The summed E-state index contributed by atoms with van der Waals surface area (Å²) in [4.78, 5) is 11.2. The van der Waals surface area contributed by atoms with Gasteiger partial charge in [-0.3, -0.25) is 0 Å². The average molecular weight is 198 g/mol. The Hall–Kier alpha value is -0.770. The van der Waals surface area contributed by atoms with E-state index in [0.29, 0.717) is 18.7 Å². The molecule has 1 heterocycles. The van der Waals surface area contributed by atoms with Crippen LogP contribution in [0.15, 0.2) is 0 Å². The van der Waals surface area contributed by atoms with Gasteiger partial charge in [0.25, 0.3) is 0 Å². The number of amides is 1. The number of hydrogen-bond donors (Lipinski definition) is 2. The highest BCUT2D eigenvalue weighted by atomic mass is 16.5. The van der Waals surface area contributed by atoms with Crippen LogP contribution in [0.1, 0.15) is 32.1 Å². The Labute approximate surface area is 84.4 Å². The highest BCUT2D eigenvalue weighted by Gasteiger charge is 2.24. The van der Waals surface area contributed by atoms with Crippen molar-refractivity contribution in [3.05, 3.63) is 0 Å². The number of carbonyl (C=O) groups is 1. The molecule has 0 aromatic heterocycles. The lowest BCUT2D eigenvalue weighted by Crippen LogP contribution is -2.39. The molecule has 1 aliphatic heterocycles. The Morgan fingerprint density at radius 2 is 2.21 bits per heavy atom. The monoisotopic (exact) mass is 198 g/mol. The van der Waals surface area contributed by atoms with Crippen LogP contribution in [0, 0.1) is 0 Å². The number of piperidine rings is 1. The van der Waals surface area contributed by atoms with Gasteiger partial charge in [0.15, 0.2) is 0 Å². The topological polar surface area (TPSA) is 50.4 Å². The first-order valence-corrected chi connectivity index (χ1v) is 5.51. The smallest absolute Gasteiger partial charge is 0.407 e. The van der Waals surface area contributed by atoms with Crippen molar-refractivity contribution in [3.63, 3.8) is 0 Å². The summed E-state index contributed by atoms with van der Waals surface area (Å²) in [6.07, 6.45) is 5.57. The average Bonchev–Trinajstić information content (AvgIpc) is 3.00. The van der Waals surface area contributed by atoms with Gasteiger partial charge in [0.1, 0.15) is 6.61 Å². The van der Waals surface area contributed by atoms with Gasteiger partial charge in [-0.1, -0.05) is 6.42 Å². The molecule has 1 unspecified atom stereocenters. The van der Waals surface area contributed by atoms with Gasteiger partial charge in [-0.05, 0) is 32.2 Å². The quantitative estimate of drug-likeness (QED) is 0.711. The first-order valence-electron chi connectivity index (χ1n) is 5.51. The first kappa shape index (κ1) is 9.77. The van der Waals surface area contributed by atoms with Gasteiger partial charge in [0, 0.05) is 12.1 Å². The van der Waals surface area contributed by atoms with Crippen LogP contribution in [0.25, 0.3) is 0 Å². The predicted octanol–water partition coefficient (Wildman–Crippen LogP) is 1.02. The Balaban J connectivity index is 1.57. The standard InChI is InChI=1S/C10H18N2O2/c13-10(12-8-4-5-8)14-7-9-3-1-2-6-11-9/h8-9,11H,1-7H2,(H,12,13). The summed E-state index contributed by atoms with van der Waals surface area (Å²) in [5.74, 6) is 0. The van der Waals surface area contributed by atoms with Crippen molar-refractivity contribution < 1.29 is 9.53 Å². The van der Waals surface area contributed by atoms with Gasteiger partial charge in [-0.2, -0.15) is 0 Å². The van der Waals surface area contributed by atoms with Crippen LogP contribution in [0.4, 0.5) is 4.79 Å². The molecule has 0 radical (unpaired) electrons. The van der Waals surface area contributed by atoms with E-state index in [1.165, 1.54) is 12.8 Å². The summed E-state index contributed by atoms with van der Waals surface area (Å²) in [6, 6.07) is 0.760. The van der Waals surface area contributed by atoms with E-state index in [2.05, 4.69) is 10.6 Å². The van der Waals surface area contributed by atoms with Crippen LogP contribution in [0.2, 0.25) is 0 Å². The third-order valence-corrected chi connectivity index (χ3v) is 2.73. The normalized spacial score (nSPS) is 27.0. The maximum Gasteiger partial charge on any atom is 0.407 e. The van der Waals surface area contributed by atoms with Crippen LogP contribution in [0.5, 0.6) is 0 Å². The van der Waals surface area contributed by atoms with E-state index in [4.69, 9.17) is 4.74 Å². The third-order valence-electron chi connectivity index (χ3n) is 2.73. The zero-order chi connectivity index (χ0) is 9.80. The second kappa shape index (κ2) is 4.64. The van der Waals surface area contributed by atoms with Gasteiger partial charge in [0.2, 0.25) is 0 Å². The molecule has 1 atom stereocenters. The molecule has 0 aromatic rings. The van der Waals surface area contributed by atoms with E-state index in [-0.39, 0.29) is 6.09 Å². The largest absolute Gasteiger partial charge is 0.448 e. The Kier molecular flexibility index (Phi) is 3.24. The second-order valence-electron chi connectivity index (χ2n) is 4.16. The number of carbonyl (C=O) groups excluding carboxylic acids is 1. The van der Waals surface area contributed by atoms with E-state index < -0.39 is 0 Å². The summed E-state index contributed by atoms with van der Waals surface area (Å²) in [5.41, 5.74) is 0. The molecule has 2 rings (SSSR count). The minimum Gasteiger partial charge on any atom is -0.448 e. The summed E-state index contributed by atoms with van der Waals surface area (Å²) in [5, 5.41) is 6.14. The fourth-order valence-electron chi connectivity index (χ4n) is 1.68.